The predicted molar refractivity (Wildman–Crippen MR) is 123 cm³/mol. The number of aromatic carboxylic acids is 1. The van der Waals surface area contributed by atoms with Gasteiger partial charge in [-0.2, -0.15) is 0 Å². The molecule has 0 bridgehead atoms. The lowest BCUT2D eigenvalue weighted by molar-refractivity contribution is -0.122. The number of amides is 1. The van der Waals surface area contributed by atoms with E-state index in [1.807, 2.05) is 0 Å². The van der Waals surface area contributed by atoms with Gasteiger partial charge in [0.2, 0.25) is 0 Å². The summed E-state index contributed by atoms with van der Waals surface area (Å²) in [6, 6.07) is 12.3. The van der Waals surface area contributed by atoms with Crippen LogP contribution in [0.1, 0.15) is 17.3 Å². The van der Waals surface area contributed by atoms with Gasteiger partial charge in [0, 0.05) is 34.8 Å². The molecule has 0 saturated carbocycles. The van der Waals surface area contributed by atoms with Gasteiger partial charge in [-0.05, 0) is 49.4 Å². The van der Waals surface area contributed by atoms with Gasteiger partial charge in [-0.25, -0.2) is 19.0 Å². The maximum absolute atomic E-state index is 13.4. The second-order valence-corrected chi connectivity index (χ2v) is 7.65. The van der Waals surface area contributed by atoms with Crippen molar-refractivity contribution in [2.45, 2.75) is 13.0 Å². The van der Waals surface area contributed by atoms with Gasteiger partial charge < -0.3 is 19.6 Å². The number of aromatic nitrogens is 1. The fourth-order valence-corrected chi connectivity index (χ4v) is 3.53. The van der Waals surface area contributed by atoms with Crippen molar-refractivity contribution < 1.29 is 28.2 Å². The molecule has 2 aromatic carbocycles. The Bertz CT molecular complexity index is 1490. The molecular weight excluding hydrogens is 467 g/mol. The van der Waals surface area contributed by atoms with Gasteiger partial charge in [0.15, 0.2) is 6.10 Å². The van der Waals surface area contributed by atoms with E-state index in [4.69, 9.17) is 25.9 Å². The van der Waals surface area contributed by atoms with Gasteiger partial charge in [0.25, 0.3) is 5.91 Å². The third-order valence-electron chi connectivity index (χ3n) is 4.88. The first kappa shape index (κ1) is 22.9. The van der Waals surface area contributed by atoms with Crippen LogP contribution in [-0.2, 0) is 4.79 Å². The third-order valence-corrected chi connectivity index (χ3v) is 5.19. The second kappa shape index (κ2) is 9.32. The minimum atomic E-state index is -1.15. The highest BCUT2D eigenvalue weighted by molar-refractivity contribution is 6.33. The highest BCUT2D eigenvalue weighted by Gasteiger charge is 2.18. The number of carbonyl (C=O) groups is 2. The van der Waals surface area contributed by atoms with Crippen LogP contribution in [0.3, 0.4) is 0 Å². The molecule has 172 valence electrons. The van der Waals surface area contributed by atoms with Crippen molar-refractivity contribution in [2.75, 3.05) is 5.32 Å². The van der Waals surface area contributed by atoms with Crippen molar-refractivity contribution >= 4 is 40.3 Å². The lowest BCUT2D eigenvalue weighted by Gasteiger charge is -2.15. The molecule has 8 nitrogen and oxygen atoms in total. The SMILES string of the molecule is CC(Oc1ccc2c(-c3ccc(F)cc3Cl)cc(=O)oc2c1)C(=O)Nc1cc(C(=O)O)ccn1. The van der Waals surface area contributed by atoms with Gasteiger partial charge in [0.1, 0.15) is 23.0 Å². The summed E-state index contributed by atoms with van der Waals surface area (Å²) in [4.78, 5) is 39.6. The standard InChI is InChI=1S/C24H16ClFN2O6/c1-12(23(30)28-21-8-13(24(31)32)6-7-27-21)33-15-3-5-17-18(11-22(29)34-20(17)10-15)16-4-2-14(26)9-19(16)25/h2-12H,1H3,(H,31,32)(H,27,28,30). The van der Waals surface area contributed by atoms with Crippen LogP contribution in [0, 0.1) is 5.82 Å². The molecule has 0 spiro atoms. The Labute approximate surface area is 196 Å². The molecule has 2 N–H and O–H groups in total. The first-order valence-corrected chi connectivity index (χ1v) is 10.3. The minimum Gasteiger partial charge on any atom is -0.481 e. The summed E-state index contributed by atoms with van der Waals surface area (Å²) in [7, 11) is 0. The molecule has 0 aliphatic carbocycles. The molecule has 1 amide bonds. The first-order chi connectivity index (χ1) is 16.2. The summed E-state index contributed by atoms with van der Waals surface area (Å²) >= 11 is 6.17. The van der Waals surface area contributed by atoms with Gasteiger partial charge in [-0.1, -0.05) is 11.6 Å². The smallest absolute Gasteiger partial charge is 0.336 e. The number of carboxylic acids is 1. The van der Waals surface area contributed by atoms with Crippen molar-refractivity contribution in [1.29, 1.82) is 0 Å². The van der Waals surface area contributed by atoms with E-state index in [1.54, 1.807) is 12.1 Å². The molecule has 4 rings (SSSR count). The average Bonchev–Trinajstić information content (AvgIpc) is 2.78. The van der Waals surface area contributed by atoms with Gasteiger partial charge in [-0.3, -0.25) is 4.79 Å². The van der Waals surface area contributed by atoms with Gasteiger partial charge >= 0.3 is 11.6 Å². The number of nitrogens with one attached hydrogen (secondary N) is 1. The maximum Gasteiger partial charge on any atom is 0.336 e. The molecule has 2 heterocycles. The number of ether oxygens (including phenoxy) is 1. The fraction of sp³-hybridized carbons (Fsp3) is 0.0833. The number of halogens is 2. The van der Waals surface area contributed by atoms with E-state index in [0.717, 1.165) is 6.07 Å². The number of pyridine rings is 1. The largest absolute Gasteiger partial charge is 0.481 e. The molecular formula is C24H16ClFN2O6. The van der Waals surface area contributed by atoms with Crippen LogP contribution in [0.4, 0.5) is 10.2 Å². The van der Waals surface area contributed by atoms with E-state index in [0.29, 0.717) is 16.5 Å². The highest BCUT2D eigenvalue weighted by atomic mass is 35.5. The summed E-state index contributed by atoms with van der Waals surface area (Å²) in [5.41, 5.74) is 0.427. The van der Waals surface area contributed by atoms with Crippen LogP contribution < -0.4 is 15.7 Å². The number of nitrogens with zero attached hydrogens (tertiary/aromatic N) is 1. The summed E-state index contributed by atoms with van der Waals surface area (Å²) in [6.07, 6.45) is 0.273. The number of fused-ring (bicyclic) bond motifs is 1. The van der Waals surface area contributed by atoms with E-state index in [9.17, 15) is 18.8 Å². The van der Waals surface area contributed by atoms with Gasteiger partial charge in [-0.15, -0.1) is 0 Å². The minimum absolute atomic E-state index is 0.0273. The first-order valence-electron chi connectivity index (χ1n) is 9.91. The molecule has 1 unspecified atom stereocenters. The Morgan fingerprint density at radius 1 is 1.12 bits per heavy atom. The van der Waals surface area contributed by atoms with E-state index in [-0.39, 0.29) is 27.7 Å². The lowest BCUT2D eigenvalue weighted by atomic mass is 10.0. The Morgan fingerprint density at radius 2 is 1.91 bits per heavy atom. The van der Waals surface area contributed by atoms with Crippen LogP contribution >= 0.6 is 11.6 Å². The molecule has 1 atom stereocenters. The Kier molecular flexibility index (Phi) is 6.29. The molecule has 0 fully saturated rings. The average molecular weight is 483 g/mol. The molecule has 0 saturated heterocycles. The monoisotopic (exact) mass is 482 g/mol. The van der Waals surface area contributed by atoms with Crippen LogP contribution in [0.2, 0.25) is 5.02 Å². The lowest BCUT2D eigenvalue weighted by Crippen LogP contribution is -2.30. The Balaban J connectivity index is 1.58. The third kappa shape index (κ3) is 4.89. The molecule has 10 heteroatoms. The zero-order valence-electron chi connectivity index (χ0n) is 17.5. The van der Waals surface area contributed by atoms with Crippen LogP contribution in [0.25, 0.3) is 22.1 Å². The second-order valence-electron chi connectivity index (χ2n) is 7.25. The van der Waals surface area contributed by atoms with Gasteiger partial charge in [0.05, 0.1) is 10.6 Å². The topological polar surface area (TPSA) is 119 Å². The number of carboxylic acid groups (broad SMARTS) is 1. The number of hydrogen-bond acceptors (Lipinski definition) is 6. The van der Waals surface area contributed by atoms with Crippen molar-refractivity contribution in [1.82, 2.24) is 4.98 Å². The van der Waals surface area contributed by atoms with Crippen LogP contribution in [-0.4, -0.2) is 28.1 Å². The summed E-state index contributed by atoms with van der Waals surface area (Å²) in [6.45, 7) is 1.49. The maximum atomic E-state index is 13.4. The van der Waals surface area contributed by atoms with Crippen LogP contribution in [0.5, 0.6) is 5.75 Å². The number of benzene rings is 2. The zero-order chi connectivity index (χ0) is 24.4. The van der Waals surface area contributed by atoms with Crippen molar-refractivity contribution in [3.8, 4) is 16.9 Å². The van der Waals surface area contributed by atoms with E-state index in [1.165, 1.54) is 49.5 Å². The number of anilines is 1. The Morgan fingerprint density at radius 3 is 2.65 bits per heavy atom. The summed E-state index contributed by atoms with van der Waals surface area (Å²) in [5, 5.41) is 12.2. The number of rotatable bonds is 6. The molecule has 0 aliphatic rings. The molecule has 34 heavy (non-hydrogen) atoms. The molecule has 2 aromatic heterocycles. The summed E-state index contributed by atoms with van der Waals surface area (Å²) in [5.74, 6) is -1.92. The van der Waals surface area contributed by atoms with Crippen molar-refractivity contribution in [3.05, 3.63) is 87.6 Å². The number of carbonyl (C=O) groups excluding carboxylic acids is 1. The Hall–Kier alpha value is -4.24. The highest BCUT2D eigenvalue weighted by Crippen LogP contribution is 2.34. The van der Waals surface area contributed by atoms with E-state index < -0.39 is 29.4 Å². The van der Waals surface area contributed by atoms with E-state index >= 15 is 0 Å². The fourth-order valence-electron chi connectivity index (χ4n) is 3.26. The van der Waals surface area contributed by atoms with E-state index in [2.05, 4.69) is 10.3 Å². The molecule has 0 aliphatic heterocycles. The van der Waals surface area contributed by atoms with Crippen LogP contribution in [0.15, 0.2) is 70.0 Å². The number of hydrogen-bond donors (Lipinski definition) is 2. The predicted octanol–water partition coefficient (Wildman–Crippen LogP) is 4.75. The molecule has 0 radical (unpaired) electrons. The van der Waals surface area contributed by atoms with Crippen molar-refractivity contribution in [3.63, 3.8) is 0 Å². The van der Waals surface area contributed by atoms with Crippen molar-refractivity contribution in [2.24, 2.45) is 0 Å². The normalized spacial score (nSPS) is 11.7. The summed E-state index contributed by atoms with van der Waals surface area (Å²) < 4.78 is 24.4. The quantitative estimate of drug-likeness (QED) is 0.380. The zero-order valence-corrected chi connectivity index (χ0v) is 18.3. The molecule has 4 aromatic rings.